The molecule has 0 aromatic heterocycles. The van der Waals surface area contributed by atoms with E-state index in [1.807, 2.05) is 12.1 Å². The number of rotatable bonds is 6. The molecule has 0 saturated heterocycles. The summed E-state index contributed by atoms with van der Waals surface area (Å²) in [5.74, 6) is -1.02. The third kappa shape index (κ3) is 5.24. The fourth-order valence-corrected chi connectivity index (χ4v) is 2.46. The smallest absolute Gasteiger partial charge is 0.321 e. The van der Waals surface area contributed by atoms with Crippen molar-refractivity contribution in [2.75, 3.05) is 5.75 Å². The number of esters is 1. The van der Waals surface area contributed by atoms with E-state index in [1.165, 1.54) is 6.92 Å². The third-order valence-electron chi connectivity index (χ3n) is 3.12. The maximum absolute atomic E-state index is 11.8. The van der Waals surface area contributed by atoms with E-state index in [2.05, 4.69) is 0 Å². The van der Waals surface area contributed by atoms with E-state index < -0.39 is 11.9 Å². The number of ether oxygens (including phenoxy) is 1. The highest BCUT2D eigenvalue weighted by atomic mass is 32.2. The van der Waals surface area contributed by atoms with Crippen molar-refractivity contribution in [2.45, 2.75) is 13.3 Å². The molecule has 0 aliphatic heterocycles. The molecular formula is C18H16O5S. The van der Waals surface area contributed by atoms with Gasteiger partial charge in [-0.2, -0.15) is 0 Å². The molecule has 0 radical (unpaired) electrons. The minimum atomic E-state index is -0.889. The van der Waals surface area contributed by atoms with Crippen molar-refractivity contribution in [3.05, 3.63) is 54.1 Å². The van der Waals surface area contributed by atoms with Crippen LogP contribution in [0.5, 0.6) is 5.75 Å². The lowest BCUT2D eigenvalue weighted by atomic mass is 10.0. The van der Waals surface area contributed by atoms with Crippen LogP contribution >= 0.6 is 11.8 Å². The Hall–Kier alpha value is -2.60. The van der Waals surface area contributed by atoms with Gasteiger partial charge in [0.2, 0.25) is 0 Å². The largest absolute Gasteiger partial charge is 0.481 e. The number of carbonyl (C=O) groups excluding carboxylic acids is 2. The molecule has 6 heteroatoms. The molecule has 124 valence electrons. The van der Waals surface area contributed by atoms with Crippen molar-refractivity contribution in [2.24, 2.45) is 0 Å². The van der Waals surface area contributed by atoms with Gasteiger partial charge in [0.15, 0.2) is 5.12 Å². The molecule has 2 aromatic rings. The van der Waals surface area contributed by atoms with Crippen LogP contribution in [0, 0.1) is 0 Å². The van der Waals surface area contributed by atoms with Gasteiger partial charge in [0.05, 0.1) is 12.2 Å². The van der Waals surface area contributed by atoms with Gasteiger partial charge in [-0.15, -0.1) is 0 Å². The Morgan fingerprint density at radius 1 is 1.04 bits per heavy atom. The molecule has 0 unspecified atom stereocenters. The predicted molar refractivity (Wildman–Crippen MR) is 92.0 cm³/mol. The molecule has 0 bridgehead atoms. The Morgan fingerprint density at radius 2 is 1.71 bits per heavy atom. The zero-order valence-corrected chi connectivity index (χ0v) is 13.8. The summed E-state index contributed by atoms with van der Waals surface area (Å²) in [6, 6.07) is 14.1. The second-order valence-electron chi connectivity index (χ2n) is 5.02. The lowest BCUT2D eigenvalue weighted by Crippen LogP contribution is -2.12. The molecule has 0 fully saturated rings. The van der Waals surface area contributed by atoms with Gasteiger partial charge in [-0.1, -0.05) is 54.2 Å². The Balaban J connectivity index is 2.17. The molecule has 0 amide bonds. The minimum absolute atomic E-state index is 0.0405. The minimum Gasteiger partial charge on any atom is -0.481 e. The number of benzene rings is 2. The molecule has 0 aliphatic rings. The maximum atomic E-state index is 11.8. The number of aliphatic carboxylic acids is 1. The van der Waals surface area contributed by atoms with Gasteiger partial charge in [-0.05, 0) is 17.2 Å². The highest BCUT2D eigenvalue weighted by Crippen LogP contribution is 2.30. The standard InChI is InChI=1S/C18H16O5S/c1-12(19)24-11-18(22)23-16-5-3-2-4-15(16)14-8-6-13(7-9-14)10-17(20)21/h2-9H,10-11H2,1H3,(H,20,21). The Kier molecular flexibility index (Phi) is 6.14. The summed E-state index contributed by atoms with van der Waals surface area (Å²) in [6.45, 7) is 1.39. The predicted octanol–water partition coefficient (Wildman–Crippen LogP) is 3.17. The number of carbonyl (C=O) groups is 3. The second kappa shape index (κ2) is 8.31. The van der Waals surface area contributed by atoms with Crippen molar-refractivity contribution >= 4 is 28.8 Å². The van der Waals surface area contributed by atoms with Gasteiger partial charge in [0.25, 0.3) is 0 Å². The summed E-state index contributed by atoms with van der Waals surface area (Å²) in [5, 5.41) is 8.66. The van der Waals surface area contributed by atoms with E-state index >= 15 is 0 Å². The monoisotopic (exact) mass is 344 g/mol. The molecule has 0 aliphatic carbocycles. The van der Waals surface area contributed by atoms with E-state index in [9.17, 15) is 14.4 Å². The van der Waals surface area contributed by atoms with Gasteiger partial charge in [-0.25, -0.2) is 0 Å². The molecule has 5 nitrogen and oxygen atoms in total. The van der Waals surface area contributed by atoms with E-state index in [0.29, 0.717) is 11.3 Å². The first-order valence-electron chi connectivity index (χ1n) is 7.20. The van der Waals surface area contributed by atoms with Crippen LogP contribution in [0.2, 0.25) is 0 Å². The molecule has 2 rings (SSSR count). The quantitative estimate of drug-likeness (QED) is 0.640. The first-order valence-corrected chi connectivity index (χ1v) is 8.18. The number of thioether (sulfide) groups is 1. The topological polar surface area (TPSA) is 80.7 Å². The normalized spacial score (nSPS) is 10.2. The van der Waals surface area contributed by atoms with Crippen molar-refractivity contribution in [3.63, 3.8) is 0 Å². The summed E-state index contributed by atoms with van der Waals surface area (Å²) >= 11 is 0.899. The maximum Gasteiger partial charge on any atom is 0.321 e. The fraction of sp³-hybridized carbons (Fsp3) is 0.167. The molecule has 0 spiro atoms. The van der Waals surface area contributed by atoms with Gasteiger partial charge < -0.3 is 9.84 Å². The van der Waals surface area contributed by atoms with Crippen LogP contribution in [0.4, 0.5) is 0 Å². The SMILES string of the molecule is CC(=O)SCC(=O)Oc1ccccc1-c1ccc(CC(=O)O)cc1. The van der Waals surface area contributed by atoms with Crippen molar-refractivity contribution < 1.29 is 24.2 Å². The highest BCUT2D eigenvalue weighted by Gasteiger charge is 2.12. The van der Waals surface area contributed by atoms with E-state index in [1.54, 1.807) is 36.4 Å². The lowest BCUT2D eigenvalue weighted by molar-refractivity contribution is -0.136. The summed E-state index contributed by atoms with van der Waals surface area (Å²) in [5.41, 5.74) is 2.23. The number of para-hydroxylation sites is 1. The molecule has 0 saturated carbocycles. The summed E-state index contributed by atoms with van der Waals surface area (Å²) in [6.07, 6.45) is -0.0425. The number of hydrogen-bond donors (Lipinski definition) is 1. The molecule has 1 N–H and O–H groups in total. The van der Waals surface area contributed by atoms with E-state index in [-0.39, 0.29) is 17.3 Å². The zero-order chi connectivity index (χ0) is 17.5. The van der Waals surface area contributed by atoms with Crippen LogP contribution in [-0.2, 0) is 20.8 Å². The zero-order valence-electron chi connectivity index (χ0n) is 13.0. The van der Waals surface area contributed by atoms with Crippen LogP contribution in [-0.4, -0.2) is 27.9 Å². The molecule has 2 aromatic carbocycles. The molecule has 24 heavy (non-hydrogen) atoms. The van der Waals surface area contributed by atoms with Crippen LogP contribution in [0.1, 0.15) is 12.5 Å². The second-order valence-corrected chi connectivity index (χ2v) is 6.17. The number of carboxylic acid groups (broad SMARTS) is 1. The first kappa shape index (κ1) is 17.7. The van der Waals surface area contributed by atoms with Crippen LogP contribution in [0.3, 0.4) is 0 Å². The van der Waals surface area contributed by atoms with Gasteiger partial charge >= 0.3 is 11.9 Å². The molecular weight excluding hydrogens is 328 g/mol. The third-order valence-corrected chi connectivity index (χ3v) is 3.91. The lowest BCUT2D eigenvalue weighted by Gasteiger charge is -2.10. The van der Waals surface area contributed by atoms with Crippen LogP contribution in [0.15, 0.2) is 48.5 Å². The average molecular weight is 344 g/mol. The van der Waals surface area contributed by atoms with Crippen molar-refractivity contribution in [1.82, 2.24) is 0 Å². The van der Waals surface area contributed by atoms with E-state index in [0.717, 1.165) is 22.9 Å². The Labute approximate surface area is 143 Å². The summed E-state index contributed by atoms with van der Waals surface area (Å²) < 4.78 is 5.34. The van der Waals surface area contributed by atoms with Crippen molar-refractivity contribution in [3.8, 4) is 16.9 Å². The first-order chi connectivity index (χ1) is 11.5. The molecule has 0 heterocycles. The van der Waals surface area contributed by atoms with Crippen LogP contribution < -0.4 is 4.74 Å². The average Bonchev–Trinajstić information content (AvgIpc) is 2.54. The van der Waals surface area contributed by atoms with Gasteiger partial charge in [0.1, 0.15) is 5.75 Å². The number of hydrogen-bond acceptors (Lipinski definition) is 5. The molecule has 0 atom stereocenters. The Bertz CT molecular complexity index is 752. The van der Waals surface area contributed by atoms with Crippen LogP contribution in [0.25, 0.3) is 11.1 Å². The fourth-order valence-electron chi connectivity index (χ4n) is 2.08. The highest BCUT2D eigenvalue weighted by molar-refractivity contribution is 8.14. The summed E-state index contributed by atoms with van der Waals surface area (Å²) in [7, 11) is 0. The number of carboxylic acids is 1. The Morgan fingerprint density at radius 3 is 2.33 bits per heavy atom. The summed E-state index contributed by atoms with van der Waals surface area (Å²) in [4.78, 5) is 33.5. The van der Waals surface area contributed by atoms with Gasteiger partial charge in [0, 0.05) is 12.5 Å². The van der Waals surface area contributed by atoms with Crippen molar-refractivity contribution in [1.29, 1.82) is 0 Å². The van der Waals surface area contributed by atoms with E-state index in [4.69, 9.17) is 9.84 Å². The van der Waals surface area contributed by atoms with Gasteiger partial charge in [-0.3, -0.25) is 14.4 Å².